The van der Waals surface area contributed by atoms with E-state index in [0.717, 1.165) is 25.9 Å². The van der Waals surface area contributed by atoms with E-state index in [9.17, 15) is 5.11 Å². The maximum atomic E-state index is 9.82. The van der Waals surface area contributed by atoms with Crippen LogP contribution in [-0.2, 0) is 4.74 Å². The highest BCUT2D eigenvalue weighted by Crippen LogP contribution is 2.51. The number of aliphatic hydroxyl groups excluding tert-OH is 1. The third-order valence-electron chi connectivity index (χ3n) is 3.92. The van der Waals surface area contributed by atoms with Crippen molar-refractivity contribution in [3.63, 3.8) is 0 Å². The lowest BCUT2D eigenvalue weighted by atomic mass is 9.91. The number of rotatable bonds is 7. The smallest absolute Gasteiger partial charge is 0.0918 e. The largest absolute Gasteiger partial charge is 0.393 e. The SMILES string of the molecule is C=CC1(OCC(C)(C)CC)CC1C(O)CC. The minimum Gasteiger partial charge on any atom is -0.393 e. The molecule has 0 saturated heterocycles. The Labute approximate surface area is 99.7 Å². The molecule has 0 aromatic rings. The topological polar surface area (TPSA) is 29.5 Å². The lowest BCUT2D eigenvalue weighted by molar-refractivity contribution is -0.0131. The summed E-state index contributed by atoms with van der Waals surface area (Å²) in [6.07, 6.45) is 4.44. The third kappa shape index (κ3) is 2.86. The summed E-state index contributed by atoms with van der Waals surface area (Å²) < 4.78 is 6.00. The number of ether oxygens (including phenoxy) is 1. The van der Waals surface area contributed by atoms with Gasteiger partial charge in [0, 0.05) is 5.92 Å². The molecule has 1 aliphatic rings. The van der Waals surface area contributed by atoms with Crippen molar-refractivity contribution in [3.05, 3.63) is 12.7 Å². The average molecular weight is 226 g/mol. The Bertz CT molecular complexity index is 247. The predicted octanol–water partition coefficient (Wildman–Crippen LogP) is 3.15. The van der Waals surface area contributed by atoms with Crippen LogP contribution in [0.15, 0.2) is 12.7 Å². The molecule has 0 bridgehead atoms. The second-order valence-corrected chi connectivity index (χ2v) is 5.75. The molecule has 1 aliphatic carbocycles. The molecule has 3 atom stereocenters. The van der Waals surface area contributed by atoms with E-state index < -0.39 is 0 Å². The Morgan fingerprint density at radius 1 is 1.56 bits per heavy atom. The number of aliphatic hydroxyl groups is 1. The Morgan fingerprint density at radius 2 is 2.19 bits per heavy atom. The van der Waals surface area contributed by atoms with Gasteiger partial charge >= 0.3 is 0 Å². The van der Waals surface area contributed by atoms with Crippen molar-refractivity contribution in [1.82, 2.24) is 0 Å². The van der Waals surface area contributed by atoms with Gasteiger partial charge in [-0.25, -0.2) is 0 Å². The van der Waals surface area contributed by atoms with Gasteiger partial charge in [-0.2, -0.15) is 0 Å². The summed E-state index contributed by atoms with van der Waals surface area (Å²) >= 11 is 0. The standard InChI is InChI=1S/C14H26O2/c1-6-12(15)11-9-14(11,8-3)16-10-13(4,5)7-2/h8,11-12,15H,3,6-7,9-10H2,1-2,4-5H3. The van der Waals surface area contributed by atoms with Crippen molar-refractivity contribution in [2.75, 3.05) is 6.61 Å². The summed E-state index contributed by atoms with van der Waals surface area (Å²) in [7, 11) is 0. The van der Waals surface area contributed by atoms with E-state index in [4.69, 9.17) is 4.74 Å². The summed E-state index contributed by atoms with van der Waals surface area (Å²) in [6, 6.07) is 0. The first kappa shape index (κ1) is 13.7. The Kier molecular flexibility index (Phi) is 4.19. The summed E-state index contributed by atoms with van der Waals surface area (Å²) in [6.45, 7) is 13.2. The molecule has 0 aliphatic heterocycles. The molecule has 1 rings (SSSR count). The highest BCUT2D eigenvalue weighted by Gasteiger charge is 2.56. The van der Waals surface area contributed by atoms with Crippen LogP contribution in [0.25, 0.3) is 0 Å². The lowest BCUT2D eigenvalue weighted by Crippen LogP contribution is -2.27. The van der Waals surface area contributed by atoms with Gasteiger partial charge < -0.3 is 9.84 Å². The molecule has 16 heavy (non-hydrogen) atoms. The van der Waals surface area contributed by atoms with Crippen molar-refractivity contribution in [1.29, 1.82) is 0 Å². The van der Waals surface area contributed by atoms with E-state index in [1.54, 1.807) is 0 Å². The normalized spacial score (nSPS) is 31.2. The second-order valence-electron chi connectivity index (χ2n) is 5.75. The molecule has 3 unspecified atom stereocenters. The summed E-state index contributed by atoms with van der Waals surface area (Å²) in [5, 5.41) is 9.82. The zero-order chi connectivity index (χ0) is 12.4. The zero-order valence-electron chi connectivity index (χ0n) is 11.1. The van der Waals surface area contributed by atoms with Crippen LogP contribution >= 0.6 is 0 Å². The van der Waals surface area contributed by atoms with Gasteiger partial charge in [0.2, 0.25) is 0 Å². The number of hydrogen-bond acceptors (Lipinski definition) is 2. The first-order valence-electron chi connectivity index (χ1n) is 6.36. The molecular formula is C14H26O2. The Morgan fingerprint density at radius 3 is 2.62 bits per heavy atom. The monoisotopic (exact) mass is 226 g/mol. The Balaban J connectivity index is 2.50. The van der Waals surface area contributed by atoms with Gasteiger partial charge in [-0.3, -0.25) is 0 Å². The van der Waals surface area contributed by atoms with E-state index in [0.29, 0.717) is 0 Å². The molecule has 0 aromatic carbocycles. The van der Waals surface area contributed by atoms with Crippen molar-refractivity contribution in [2.24, 2.45) is 11.3 Å². The van der Waals surface area contributed by atoms with Crippen LogP contribution in [0.1, 0.15) is 47.0 Å². The van der Waals surface area contributed by atoms with E-state index >= 15 is 0 Å². The van der Waals surface area contributed by atoms with Crippen LogP contribution in [0.2, 0.25) is 0 Å². The fourth-order valence-electron chi connectivity index (χ4n) is 1.92. The molecule has 2 heteroatoms. The molecule has 0 radical (unpaired) electrons. The van der Waals surface area contributed by atoms with Crippen LogP contribution in [0.4, 0.5) is 0 Å². The fourth-order valence-corrected chi connectivity index (χ4v) is 1.92. The third-order valence-corrected chi connectivity index (χ3v) is 3.92. The van der Waals surface area contributed by atoms with Crippen molar-refractivity contribution >= 4 is 0 Å². The molecule has 0 amide bonds. The Hall–Kier alpha value is -0.340. The molecule has 2 nitrogen and oxygen atoms in total. The van der Waals surface area contributed by atoms with Crippen LogP contribution < -0.4 is 0 Å². The van der Waals surface area contributed by atoms with E-state index in [1.807, 2.05) is 13.0 Å². The van der Waals surface area contributed by atoms with Crippen LogP contribution in [0.5, 0.6) is 0 Å². The van der Waals surface area contributed by atoms with Gasteiger partial charge in [-0.1, -0.05) is 33.8 Å². The molecule has 0 spiro atoms. The average Bonchev–Trinajstić information content (AvgIpc) is 3.01. The quantitative estimate of drug-likeness (QED) is 0.676. The second kappa shape index (κ2) is 4.89. The minimum absolute atomic E-state index is 0.209. The maximum absolute atomic E-state index is 9.82. The van der Waals surface area contributed by atoms with Crippen LogP contribution in [0, 0.1) is 11.3 Å². The molecule has 0 heterocycles. The molecule has 1 fully saturated rings. The van der Waals surface area contributed by atoms with E-state index in [-0.39, 0.29) is 23.0 Å². The molecular weight excluding hydrogens is 200 g/mol. The van der Waals surface area contributed by atoms with Crippen LogP contribution in [0.3, 0.4) is 0 Å². The van der Waals surface area contributed by atoms with Gasteiger partial charge in [0.05, 0.1) is 18.3 Å². The minimum atomic E-state index is -0.248. The van der Waals surface area contributed by atoms with E-state index in [2.05, 4.69) is 27.4 Å². The van der Waals surface area contributed by atoms with Crippen molar-refractivity contribution in [2.45, 2.75) is 58.7 Å². The van der Waals surface area contributed by atoms with Gasteiger partial charge in [0.15, 0.2) is 0 Å². The van der Waals surface area contributed by atoms with Gasteiger partial charge in [-0.05, 0) is 24.7 Å². The first-order valence-corrected chi connectivity index (χ1v) is 6.36. The molecule has 0 aromatic heterocycles. The highest BCUT2D eigenvalue weighted by atomic mass is 16.5. The molecule has 1 N–H and O–H groups in total. The van der Waals surface area contributed by atoms with Crippen molar-refractivity contribution < 1.29 is 9.84 Å². The summed E-state index contributed by atoms with van der Waals surface area (Å²) in [4.78, 5) is 0. The van der Waals surface area contributed by atoms with Gasteiger partial charge in [0.1, 0.15) is 0 Å². The highest BCUT2D eigenvalue weighted by molar-refractivity contribution is 5.18. The number of hydrogen-bond donors (Lipinski definition) is 1. The predicted molar refractivity (Wildman–Crippen MR) is 67.4 cm³/mol. The van der Waals surface area contributed by atoms with Crippen LogP contribution in [-0.4, -0.2) is 23.4 Å². The van der Waals surface area contributed by atoms with Gasteiger partial charge in [0.25, 0.3) is 0 Å². The van der Waals surface area contributed by atoms with Gasteiger partial charge in [-0.15, -0.1) is 6.58 Å². The molecule has 94 valence electrons. The zero-order valence-corrected chi connectivity index (χ0v) is 11.1. The van der Waals surface area contributed by atoms with Crippen molar-refractivity contribution in [3.8, 4) is 0 Å². The lowest BCUT2D eigenvalue weighted by Gasteiger charge is -2.26. The fraction of sp³-hybridized carbons (Fsp3) is 0.857. The summed E-state index contributed by atoms with van der Waals surface area (Å²) in [5.74, 6) is 0.252. The van der Waals surface area contributed by atoms with E-state index in [1.165, 1.54) is 0 Å². The molecule has 1 saturated carbocycles. The maximum Gasteiger partial charge on any atom is 0.0918 e. The first-order chi connectivity index (χ1) is 7.40. The summed E-state index contributed by atoms with van der Waals surface area (Å²) in [5.41, 5.74) is -0.0395.